The molecule has 0 saturated heterocycles. The summed E-state index contributed by atoms with van der Waals surface area (Å²) in [6.45, 7) is 1.94. The molecule has 4 aromatic rings. The second-order valence-electron chi connectivity index (χ2n) is 8.10. The highest BCUT2D eigenvalue weighted by atomic mass is 16.5. The van der Waals surface area contributed by atoms with E-state index in [0.29, 0.717) is 28.4 Å². The van der Waals surface area contributed by atoms with Gasteiger partial charge in [-0.15, -0.1) is 0 Å². The maximum atomic E-state index is 13.0. The number of aliphatic hydroxyl groups is 1. The predicted molar refractivity (Wildman–Crippen MR) is 132 cm³/mol. The van der Waals surface area contributed by atoms with Gasteiger partial charge in [0.2, 0.25) is 0 Å². The normalized spacial score (nSPS) is 11.9. The summed E-state index contributed by atoms with van der Waals surface area (Å²) in [5.74, 6) is -1.08. The Morgan fingerprint density at radius 3 is 2.60 bits per heavy atom. The lowest BCUT2D eigenvalue weighted by molar-refractivity contribution is 0.0495. The third-order valence-electron chi connectivity index (χ3n) is 5.65. The summed E-state index contributed by atoms with van der Waals surface area (Å²) in [4.78, 5) is 33.1. The van der Waals surface area contributed by atoms with E-state index in [9.17, 15) is 20.0 Å². The van der Waals surface area contributed by atoms with E-state index in [0.717, 1.165) is 25.7 Å². The van der Waals surface area contributed by atoms with E-state index >= 15 is 0 Å². The van der Waals surface area contributed by atoms with Gasteiger partial charge in [0.1, 0.15) is 18.2 Å². The van der Waals surface area contributed by atoms with Gasteiger partial charge in [0.25, 0.3) is 5.56 Å². The van der Waals surface area contributed by atoms with Crippen LogP contribution in [0.15, 0.2) is 59.1 Å². The SMILES string of the molecule is CCCCCCn1nc(C(=O)OCC(O)=C(C#N)c2nc3ccccc3[nH]2)c2ccccc2c1=O. The van der Waals surface area contributed by atoms with Crippen molar-refractivity contribution >= 4 is 33.3 Å². The number of H-pyrrole nitrogens is 1. The highest BCUT2D eigenvalue weighted by molar-refractivity contribution is 6.02. The number of nitriles is 1. The quantitative estimate of drug-likeness (QED) is 0.159. The lowest BCUT2D eigenvalue weighted by Gasteiger charge is -2.11. The molecule has 0 aliphatic heterocycles. The molecule has 9 nitrogen and oxygen atoms in total. The molecule has 178 valence electrons. The summed E-state index contributed by atoms with van der Waals surface area (Å²) < 4.78 is 6.59. The number of hydrogen-bond donors (Lipinski definition) is 2. The topological polar surface area (TPSA) is 134 Å². The summed E-state index contributed by atoms with van der Waals surface area (Å²) in [5.41, 5.74) is 0.917. The van der Waals surface area contributed by atoms with Crippen LogP contribution in [0.1, 0.15) is 48.9 Å². The Bertz CT molecular complexity index is 1480. The molecule has 0 saturated carbocycles. The molecule has 0 atom stereocenters. The third-order valence-corrected chi connectivity index (χ3v) is 5.65. The zero-order chi connectivity index (χ0) is 24.8. The number of aromatic amines is 1. The van der Waals surface area contributed by atoms with Crippen LogP contribution in [-0.4, -0.2) is 37.4 Å². The number of rotatable bonds is 9. The number of carbonyl (C=O) groups is 1. The van der Waals surface area contributed by atoms with Crippen molar-refractivity contribution < 1.29 is 14.6 Å². The molecule has 9 heteroatoms. The van der Waals surface area contributed by atoms with Gasteiger partial charge in [0.05, 0.1) is 16.4 Å². The molecule has 2 aromatic heterocycles. The van der Waals surface area contributed by atoms with Gasteiger partial charge < -0.3 is 14.8 Å². The average molecular weight is 472 g/mol. The van der Waals surface area contributed by atoms with Crippen molar-refractivity contribution in [2.45, 2.75) is 39.2 Å². The maximum Gasteiger partial charge on any atom is 0.359 e. The Hall–Kier alpha value is -4.45. The van der Waals surface area contributed by atoms with Gasteiger partial charge in [0, 0.05) is 11.9 Å². The lowest BCUT2D eigenvalue weighted by atomic mass is 10.1. The first-order valence-electron chi connectivity index (χ1n) is 11.5. The van der Waals surface area contributed by atoms with Crippen LogP contribution < -0.4 is 5.56 Å². The Balaban J connectivity index is 1.59. The van der Waals surface area contributed by atoms with Gasteiger partial charge in [-0.2, -0.15) is 10.4 Å². The van der Waals surface area contributed by atoms with Crippen LogP contribution in [0.25, 0.3) is 27.4 Å². The fourth-order valence-corrected chi connectivity index (χ4v) is 3.83. The summed E-state index contributed by atoms with van der Waals surface area (Å²) in [6, 6.07) is 15.8. The van der Waals surface area contributed by atoms with Crippen molar-refractivity contribution in [2.24, 2.45) is 0 Å². The van der Waals surface area contributed by atoms with E-state index in [1.807, 2.05) is 18.2 Å². The number of fused-ring (bicyclic) bond motifs is 2. The highest BCUT2D eigenvalue weighted by Gasteiger charge is 2.20. The summed E-state index contributed by atoms with van der Waals surface area (Å²) in [6.07, 6.45) is 3.83. The number of imidazole rings is 1. The van der Waals surface area contributed by atoms with E-state index in [2.05, 4.69) is 22.0 Å². The van der Waals surface area contributed by atoms with E-state index in [1.54, 1.807) is 36.4 Å². The van der Waals surface area contributed by atoms with Gasteiger partial charge in [-0.05, 0) is 24.6 Å². The van der Waals surface area contributed by atoms with Gasteiger partial charge in [-0.25, -0.2) is 14.5 Å². The number of esters is 1. The smallest absolute Gasteiger partial charge is 0.359 e. The summed E-state index contributed by atoms with van der Waals surface area (Å²) in [5, 5.41) is 25.1. The van der Waals surface area contributed by atoms with Gasteiger partial charge >= 0.3 is 5.97 Å². The third kappa shape index (κ3) is 5.06. The van der Waals surface area contributed by atoms with Gasteiger partial charge in [0.15, 0.2) is 17.3 Å². The molecule has 0 spiro atoms. The number of hydrogen-bond acceptors (Lipinski definition) is 7. The second-order valence-corrected chi connectivity index (χ2v) is 8.10. The molecule has 35 heavy (non-hydrogen) atoms. The van der Waals surface area contributed by atoms with Gasteiger partial charge in [-0.3, -0.25) is 4.79 Å². The largest absolute Gasteiger partial charge is 0.507 e. The van der Waals surface area contributed by atoms with Crippen LogP contribution >= 0.6 is 0 Å². The van der Waals surface area contributed by atoms with Crippen molar-refractivity contribution in [1.29, 1.82) is 5.26 Å². The zero-order valence-corrected chi connectivity index (χ0v) is 19.3. The van der Waals surface area contributed by atoms with E-state index in [1.165, 1.54) is 4.68 Å². The van der Waals surface area contributed by atoms with Gasteiger partial charge in [-0.1, -0.05) is 56.5 Å². The number of benzene rings is 2. The first-order chi connectivity index (χ1) is 17.0. The number of aliphatic hydroxyl groups excluding tert-OH is 1. The van der Waals surface area contributed by atoms with Crippen LogP contribution in [0.2, 0.25) is 0 Å². The number of aryl methyl sites for hydroxylation is 1. The van der Waals surface area contributed by atoms with Crippen LogP contribution in [-0.2, 0) is 11.3 Å². The maximum absolute atomic E-state index is 13.0. The van der Waals surface area contributed by atoms with Crippen LogP contribution in [0.4, 0.5) is 0 Å². The van der Waals surface area contributed by atoms with Crippen molar-refractivity contribution in [3.05, 3.63) is 76.2 Å². The van der Waals surface area contributed by atoms with Crippen molar-refractivity contribution in [3.8, 4) is 6.07 Å². The number of ether oxygens (including phenoxy) is 1. The zero-order valence-electron chi connectivity index (χ0n) is 19.3. The molecule has 0 aliphatic rings. The number of nitrogens with one attached hydrogen (secondary N) is 1. The molecule has 2 aromatic carbocycles. The molecular formula is C26H25N5O4. The van der Waals surface area contributed by atoms with Crippen molar-refractivity contribution in [1.82, 2.24) is 19.7 Å². The Labute approximate surface area is 201 Å². The van der Waals surface area contributed by atoms with Crippen molar-refractivity contribution in [3.63, 3.8) is 0 Å². The summed E-state index contributed by atoms with van der Waals surface area (Å²) in [7, 11) is 0. The molecule has 2 N–H and O–H groups in total. The van der Waals surface area contributed by atoms with Crippen molar-refractivity contribution in [2.75, 3.05) is 6.61 Å². The molecule has 4 rings (SSSR count). The van der Waals surface area contributed by atoms with E-state index in [-0.39, 0.29) is 22.7 Å². The fraction of sp³-hybridized carbons (Fsp3) is 0.269. The minimum Gasteiger partial charge on any atom is -0.507 e. The minimum atomic E-state index is -0.808. The molecule has 0 aliphatic carbocycles. The fourth-order valence-electron chi connectivity index (χ4n) is 3.83. The second kappa shape index (κ2) is 10.7. The molecular weight excluding hydrogens is 446 g/mol. The standard InChI is InChI=1S/C26H25N5O4/c1-2-3-4-9-14-31-25(33)18-11-6-5-10-17(18)23(30-31)26(34)35-16-22(32)19(15-27)24-28-20-12-7-8-13-21(20)29-24/h5-8,10-13,32H,2-4,9,14,16H2,1H3,(H,28,29). The number of para-hydroxylation sites is 2. The molecule has 0 unspecified atom stereocenters. The molecule has 0 bridgehead atoms. The first-order valence-corrected chi connectivity index (χ1v) is 11.5. The Morgan fingerprint density at radius 1 is 1.11 bits per heavy atom. The molecule has 2 heterocycles. The number of allylic oxidation sites excluding steroid dienone is 1. The lowest BCUT2D eigenvalue weighted by Crippen LogP contribution is -2.27. The molecule has 0 radical (unpaired) electrons. The number of unbranched alkanes of at least 4 members (excludes halogenated alkanes) is 3. The van der Waals surface area contributed by atoms with Crippen LogP contribution in [0, 0.1) is 11.3 Å². The molecule has 0 amide bonds. The van der Waals surface area contributed by atoms with E-state index in [4.69, 9.17) is 4.74 Å². The number of nitrogens with zero attached hydrogens (tertiary/aromatic N) is 4. The number of aromatic nitrogens is 4. The Kier molecular flexibility index (Phi) is 7.21. The average Bonchev–Trinajstić information content (AvgIpc) is 3.30. The summed E-state index contributed by atoms with van der Waals surface area (Å²) >= 11 is 0. The van der Waals surface area contributed by atoms with Crippen LogP contribution in [0.3, 0.4) is 0 Å². The highest BCUT2D eigenvalue weighted by Crippen LogP contribution is 2.20. The number of carbonyl (C=O) groups excluding carboxylic acids is 1. The van der Waals surface area contributed by atoms with Crippen LogP contribution in [0.5, 0.6) is 0 Å². The predicted octanol–water partition coefficient (Wildman–Crippen LogP) is 4.50. The molecule has 0 fully saturated rings. The first kappa shape index (κ1) is 23.7. The van der Waals surface area contributed by atoms with E-state index < -0.39 is 18.3 Å². The monoisotopic (exact) mass is 471 g/mol. The Morgan fingerprint density at radius 2 is 1.86 bits per heavy atom. The minimum absolute atomic E-state index is 0.0225.